The van der Waals surface area contributed by atoms with Crippen LogP contribution in [0.5, 0.6) is 0 Å². The number of rotatable bonds is 3. The van der Waals surface area contributed by atoms with Crippen molar-refractivity contribution >= 4 is 34.5 Å². The summed E-state index contributed by atoms with van der Waals surface area (Å²) in [5.74, 6) is -1.33. The first-order valence-electron chi connectivity index (χ1n) is 5.52. The van der Waals surface area contributed by atoms with E-state index < -0.39 is 11.2 Å². The molecule has 0 spiro atoms. The van der Waals surface area contributed by atoms with Crippen molar-refractivity contribution in [2.75, 3.05) is 0 Å². The summed E-state index contributed by atoms with van der Waals surface area (Å²) in [6.07, 6.45) is -0.211. The summed E-state index contributed by atoms with van der Waals surface area (Å²) in [5.41, 5.74) is 0.754. The molecule has 1 rings (SSSR count). The molecule has 1 aliphatic rings. The number of nitrogens with one attached hydrogen (secondary N) is 1. The van der Waals surface area contributed by atoms with Gasteiger partial charge in [-0.05, 0) is 6.92 Å². The maximum absolute atomic E-state index is 11.4. The maximum Gasteiger partial charge on any atom is 0.305 e. The zero-order chi connectivity index (χ0) is 13.9. The van der Waals surface area contributed by atoms with Gasteiger partial charge in [-0.15, -0.1) is 5.10 Å². The van der Waals surface area contributed by atoms with Gasteiger partial charge in [-0.1, -0.05) is 32.5 Å². The van der Waals surface area contributed by atoms with Crippen molar-refractivity contribution in [2.45, 2.75) is 39.4 Å². The molecule has 0 aliphatic carbocycles. The number of hydrogen-bond donors (Lipinski definition) is 2. The fraction of sp³-hybridized carbons (Fsp3) is 0.636. The standard InChI is InChI=1S/C11H17N3O3S/c1-6(11(2,3)4)13-14-10-12-9(17)7(18-10)5-8(15)16/h7H,5H2,1-4H3,(H,15,16)(H,12,14,17)/t7-/m1/s1. The van der Waals surface area contributed by atoms with E-state index >= 15 is 0 Å². The van der Waals surface area contributed by atoms with E-state index in [1.54, 1.807) is 0 Å². The van der Waals surface area contributed by atoms with Crippen LogP contribution in [0.4, 0.5) is 0 Å². The molecule has 0 unspecified atom stereocenters. The van der Waals surface area contributed by atoms with Crippen LogP contribution in [0.1, 0.15) is 34.1 Å². The van der Waals surface area contributed by atoms with Gasteiger partial charge in [0.2, 0.25) is 5.91 Å². The zero-order valence-corrected chi connectivity index (χ0v) is 11.7. The number of nitrogens with zero attached hydrogens (tertiary/aromatic N) is 2. The van der Waals surface area contributed by atoms with Crippen LogP contribution in [0.3, 0.4) is 0 Å². The van der Waals surface area contributed by atoms with E-state index in [-0.39, 0.29) is 17.7 Å². The average Bonchev–Trinajstić information content (AvgIpc) is 2.54. The quantitative estimate of drug-likeness (QED) is 0.600. The van der Waals surface area contributed by atoms with E-state index in [1.165, 1.54) is 0 Å². The molecule has 1 atom stereocenters. The molecule has 0 saturated carbocycles. The molecule has 0 radical (unpaired) electrons. The average molecular weight is 271 g/mol. The molecule has 1 amide bonds. The van der Waals surface area contributed by atoms with Crippen LogP contribution in [0, 0.1) is 5.41 Å². The summed E-state index contributed by atoms with van der Waals surface area (Å²) in [4.78, 5) is 22.0. The Morgan fingerprint density at radius 3 is 2.61 bits per heavy atom. The second-order valence-electron chi connectivity index (χ2n) is 5.03. The molecule has 1 aliphatic heterocycles. The van der Waals surface area contributed by atoms with Crippen molar-refractivity contribution < 1.29 is 14.7 Å². The smallest absolute Gasteiger partial charge is 0.305 e. The molecular formula is C11H17N3O3S. The first-order valence-corrected chi connectivity index (χ1v) is 6.40. The molecule has 18 heavy (non-hydrogen) atoms. The molecule has 1 fully saturated rings. The van der Waals surface area contributed by atoms with Gasteiger partial charge in [-0.3, -0.25) is 9.59 Å². The Morgan fingerprint density at radius 1 is 1.50 bits per heavy atom. The minimum absolute atomic E-state index is 0.0855. The monoisotopic (exact) mass is 271 g/mol. The summed E-state index contributed by atoms with van der Waals surface area (Å²) in [6.45, 7) is 7.90. The van der Waals surface area contributed by atoms with Gasteiger partial charge in [0.1, 0.15) is 5.25 Å². The number of amidine groups is 1. The van der Waals surface area contributed by atoms with Crippen LogP contribution in [0.25, 0.3) is 0 Å². The lowest BCUT2D eigenvalue weighted by atomic mass is 9.91. The van der Waals surface area contributed by atoms with E-state index in [0.717, 1.165) is 17.5 Å². The van der Waals surface area contributed by atoms with Gasteiger partial charge >= 0.3 is 5.97 Å². The Morgan fingerprint density at radius 2 is 2.11 bits per heavy atom. The van der Waals surface area contributed by atoms with Crippen LogP contribution in [0.15, 0.2) is 10.2 Å². The van der Waals surface area contributed by atoms with Crippen molar-refractivity contribution in [1.29, 1.82) is 0 Å². The maximum atomic E-state index is 11.4. The van der Waals surface area contributed by atoms with Crippen molar-refractivity contribution in [3.8, 4) is 0 Å². The molecule has 1 saturated heterocycles. The third-order valence-corrected chi connectivity index (χ3v) is 3.58. The highest BCUT2D eigenvalue weighted by Crippen LogP contribution is 2.23. The predicted octanol–water partition coefficient (Wildman–Crippen LogP) is 1.47. The topological polar surface area (TPSA) is 91.1 Å². The van der Waals surface area contributed by atoms with Gasteiger partial charge in [0.25, 0.3) is 0 Å². The molecule has 100 valence electrons. The molecule has 0 aromatic heterocycles. The number of carbonyl (C=O) groups is 2. The Balaban J connectivity index is 2.71. The number of thioether (sulfide) groups is 1. The van der Waals surface area contributed by atoms with Crippen molar-refractivity contribution in [1.82, 2.24) is 5.32 Å². The summed E-state index contributed by atoms with van der Waals surface area (Å²) in [6, 6.07) is 0. The highest BCUT2D eigenvalue weighted by atomic mass is 32.2. The number of hydrogen-bond acceptors (Lipinski definition) is 5. The Hall–Kier alpha value is -1.37. The summed E-state index contributed by atoms with van der Waals surface area (Å²) < 4.78 is 0. The van der Waals surface area contributed by atoms with Gasteiger partial charge in [0.05, 0.1) is 6.42 Å². The van der Waals surface area contributed by atoms with Crippen LogP contribution in [-0.4, -0.2) is 33.1 Å². The van der Waals surface area contributed by atoms with Crippen molar-refractivity contribution in [3.63, 3.8) is 0 Å². The Labute approximate surface area is 110 Å². The van der Waals surface area contributed by atoms with Gasteiger partial charge in [0, 0.05) is 11.1 Å². The summed E-state index contributed by atoms with van der Waals surface area (Å²) >= 11 is 1.10. The first kappa shape index (κ1) is 14.7. The molecule has 0 aromatic rings. The predicted molar refractivity (Wildman–Crippen MR) is 71.8 cm³/mol. The molecule has 1 heterocycles. The van der Waals surface area contributed by atoms with E-state index in [0.29, 0.717) is 5.17 Å². The number of carboxylic acids is 1. The lowest BCUT2D eigenvalue weighted by molar-refractivity contribution is -0.138. The largest absolute Gasteiger partial charge is 0.481 e. The van der Waals surface area contributed by atoms with Crippen LogP contribution < -0.4 is 5.32 Å². The normalized spacial score (nSPS) is 23.3. The van der Waals surface area contributed by atoms with Crippen LogP contribution >= 0.6 is 11.8 Å². The van der Waals surface area contributed by atoms with Crippen molar-refractivity contribution in [2.24, 2.45) is 15.6 Å². The van der Waals surface area contributed by atoms with Gasteiger partial charge in [0.15, 0.2) is 5.17 Å². The second-order valence-corrected chi connectivity index (χ2v) is 6.23. The Kier molecular flexibility index (Phi) is 4.50. The van der Waals surface area contributed by atoms with Gasteiger partial charge < -0.3 is 10.4 Å². The van der Waals surface area contributed by atoms with E-state index in [9.17, 15) is 9.59 Å². The van der Waals surface area contributed by atoms with E-state index in [1.807, 2.05) is 27.7 Å². The minimum atomic E-state index is -1.00. The zero-order valence-electron chi connectivity index (χ0n) is 10.9. The number of amides is 1. The fourth-order valence-electron chi connectivity index (χ4n) is 1.02. The van der Waals surface area contributed by atoms with E-state index in [2.05, 4.69) is 15.5 Å². The molecule has 0 bridgehead atoms. The van der Waals surface area contributed by atoms with Crippen LogP contribution in [0.2, 0.25) is 0 Å². The highest BCUT2D eigenvalue weighted by molar-refractivity contribution is 8.15. The Bertz CT molecular complexity index is 424. The van der Waals surface area contributed by atoms with Crippen molar-refractivity contribution in [3.05, 3.63) is 0 Å². The van der Waals surface area contributed by atoms with Crippen LogP contribution in [-0.2, 0) is 9.59 Å². The summed E-state index contributed by atoms with van der Waals surface area (Å²) in [5, 5.41) is 18.9. The SMILES string of the molecule is CC(=NN=C1NC(=O)[C@@H](CC(=O)O)S1)C(C)(C)C. The highest BCUT2D eigenvalue weighted by Gasteiger charge is 2.32. The summed E-state index contributed by atoms with van der Waals surface area (Å²) in [7, 11) is 0. The lowest BCUT2D eigenvalue weighted by Crippen LogP contribution is -2.26. The molecule has 2 N–H and O–H groups in total. The molecule has 7 heteroatoms. The minimum Gasteiger partial charge on any atom is -0.481 e. The third kappa shape index (κ3) is 4.14. The number of carboxylic acid groups (broad SMARTS) is 1. The lowest BCUT2D eigenvalue weighted by Gasteiger charge is -2.16. The van der Waals surface area contributed by atoms with Gasteiger partial charge in [-0.2, -0.15) is 5.10 Å². The first-order chi connectivity index (χ1) is 8.20. The fourth-order valence-corrected chi connectivity index (χ4v) is 1.92. The third-order valence-electron chi connectivity index (χ3n) is 2.51. The number of carbonyl (C=O) groups excluding carboxylic acids is 1. The van der Waals surface area contributed by atoms with E-state index in [4.69, 9.17) is 5.11 Å². The second kappa shape index (κ2) is 5.51. The molecule has 6 nitrogen and oxygen atoms in total. The molecular weight excluding hydrogens is 254 g/mol. The molecule has 0 aromatic carbocycles. The van der Waals surface area contributed by atoms with Gasteiger partial charge in [-0.25, -0.2) is 0 Å². The number of aliphatic carboxylic acids is 1.